The summed E-state index contributed by atoms with van der Waals surface area (Å²) in [4.78, 5) is 0. The molecule has 0 fully saturated rings. The van der Waals surface area contributed by atoms with Gasteiger partial charge >= 0.3 is 6.99 Å². The van der Waals surface area contributed by atoms with Crippen molar-refractivity contribution in [2.24, 2.45) is 0 Å². The molecule has 13 heteroatoms. The minimum absolute atomic E-state index is 0.0543. The summed E-state index contributed by atoms with van der Waals surface area (Å²) in [5, 5.41) is 0. The largest absolute Gasteiger partial charge is 0.416 e. The molecule has 1 aliphatic rings. The monoisotopic (exact) mass is 464 g/mol. The Kier molecular flexibility index (Phi) is 5.05. The second-order valence-electron chi connectivity index (χ2n) is 7.06. The van der Waals surface area contributed by atoms with Gasteiger partial charge in [0.15, 0.2) is 52.4 Å². The Bertz CT molecular complexity index is 1320. The number of fused-ring (bicyclic) bond motifs is 2. The van der Waals surface area contributed by atoms with Gasteiger partial charge in [0.1, 0.15) is 13.7 Å². The first kappa shape index (κ1) is 22.2. The molecule has 0 saturated carbocycles. The second kappa shape index (κ2) is 7.28. The van der Waals surface area contributed by atoms with Gasteiger partial charge in [0.2, 0.25) is 0 Å². The van der Waals surface area contributed by atoms with Crippen molar-refractivity contribution in [2.75, 3.05) is 0 Å². The van der Waals surface area contributed by atoms with Crippen LogP contribution in [0.5, 0.6) is 0 Å². The summed E-state index contributed by atoms with van der Waals surface area (Å²) in [6, 6.07) is -0.182. The van der Waals surface area contributed by atoms with E-state index in [1.807, 2.05) is 0 Å². The van der Waals surface area contributed by atoms with Crippen molar-refractivity contribution in [1.82, 2.24) is 0 Å². The van der Waals surface area contributed by atoms with E-state index >= 15 is 4.32 Å². The van der Waals surface area contributed by atoms with E-state index in [0.29, 0.717) is 0 Å². The van der Waals surface area contributed by atoms with Crippen LogP contribution in [-0.4, -0.2) is 14.8 Å². The average Bonchev–Trinajstić information content (AvgIpc) is 2.75. The Morgan fingerprint density at radius 1 is 0.562 bits per heavy atom. The lowest BCUT2D eigenvalue weighted by molar-refractivity contribution is 0.401. The molecule has 0 aliphatic carbocycles. The van der Waals surface area contributed by atoms with Crippen LogP contribution in [0.1, 0.15) is 22.6 Å². The van der Waals surface area contributed by atoms with Crippen LogP contribution in [0.2, 0.25) is 0 Å². The van der Waals surface area contributed by atoms with Crippen LogP contribution in [0.25, 0.3) is 0 Å². The summed E-state index contributed by atoms with van der Waals surface area (Å²) < 4.78 is 157. The Morgan fingerprint density at radius 3 is 1.75 bits per heavy atom. The van der Waals surface area contributed by atoms with Crippen LogP contribution in [0, 0.1) is 58.2 Å². The predicted octanol–water partition coefficient (Wildman–Crippen LogP) is 2.90. The maximum Gasteiger partial charge on any atom is 0.416 e. The summed E-state index contributed by atoms with van der Waals surface area (Å²) >= 11 is 0. The Morgan fingerprint density at radius 2 is 1.12 bits per heavy atom. The molecule has 0 spiro atoms. The van der Waals surface area contributed by atoms with E-state index in [4.69, 9.17) is 0 Å². The first-order chi connectivity index (χ1) is 14.9. The van der Waals surface area contributed by atoms with Gasteiger partial charge in [0.25, 0.3) is 0 Å². The molecule has 1 heterocycles. The molecule has 1 aliphatic heterocycles. The molecular formula is C19H5B2F11. The maximum absolute atomic E-state index is 15.2. The first-order valence-electron chi connectivity index (χ1n) is 8.71. The van der Waals surface area contributed by atoms with Gasteiger partial charge in [-0.2, -0.15) is 0 Å². The van der Waals surface area contributed by atoms with Crippen molar-refractivity contribution in [3.63, 3.8) is 0 Å². The topological polar surface area (TPSA) is 0 Å². The van der Waals surface area contributed by atoms with Crippen LogP contribution in [-0.2, 0) is 0 Å². The highest BCUT2D eigenvalue weighted by Crippen LogP contribution is 2.40. The molecule has 164 valence electrons. The highest BCUT2D eigenvalue weighted by atomic mass is 19.2. The Labute approximate surface area is 173 Å². The van der Waals surface area contributed by atoms with Crippen LogP contribution < -0.4 is 16.4 Å². The fourth-order valence-electron chi connectivity index (χ4n) is 4.00. The third-order valence-corrected chi connectivity index (χ3v) is 5.42. The average molecular weight is 464 g/mol. The molecule has 1 unspecified atom stereocenters. The lowest BCUT2D eigenvalue weighted by Gasteiger charge is -2.32. The van der Waals surface area contributed by atoms with Crippen molar-refractivity contribution in [2.45, 2.75) is 5.92 Å². The maximum atomic E-state index is 15.2. The molecule has 0 saturated heterocycles. The molecule has 4 rings (SSSR count). The zero-order chi connectivity index (χ0) is 23.8. The van der Waals surface area contributed by atoms with E-state index in [-0.39, 0.29) is 12.1 Å². The van der Waals surface area contributed by atoms with Gasteiger partial charge in [0.05, 0.1) is 0 Å². The molecule has 0 N–H and O–H groups in total. The molecule has 3 aromatic carbocycles. The number of rotatable bonds is 1. The lowest BCUT2D eigenvalue weighted by atomic mass is 9.46. The summed E-state index contributed by atoms with van der Waals surface area (Å²) in [5.74, 6) is -23.6. The smallest absolute Gasteiger partial charge is 0.322 e. The Balaban J connectivity index is 2.25. The molecule has 1 atom stereocenters. The van der Waals surface area contributed by atoms with E-state index < -0.39 is 104 Å². The fourth-order valence-corrected chi connectivity index (χ4v) is 4.00. The van der Waals surface area contributed by atoms with Gasteiger partial charge in [-0.3, -0.25) is 0 Å². The number of halogens is 11. The predicted molar refractivity (Wildman–Crippen MR) is 94.2 cm³/mol. The summed E-state index contributed by atoms with van der Waals surface area (Å²) in [6.45, 7) is -2.97. The van der Waals surface area contributed by atoms with Gasteiger partial charge in [-0.25, -0.2) is 43.9 Å². The Hall–Kier alpha value is -2.98. The van der Waals surface area contributed by atoms with E-state index in [1.165, 1.54) is 0 Å². The second-order valence-corrected chi connectivity index (χ2v) is 7.06. The quantitative estimate of drug-likeness (QED) is 0.225. The van der Waals surface area contributed by atoms with Crippen molar-refractivity contribution in [3.8, 4) is 0 Å². The SMILES string of the molecule is Bc1c(F)c(F)c(F)c2c1B(F)c1c(F)c(F)cc(F)c1C2c1cc(F)c(F)c(F)c1F. The molecule has 0 bridgehead atoms. The van der Waals surface area contributed by atoms with Gasteiger partial charge in [-0.05, 0) is 11.5 Å². The summed E-state index contributed by atoms with van der Waals surface area (Å²) in [7, 11) is 0.723. The van der Waals surface area contributed by atoms with Crippen molar-refractivity contribution in [3.05, 3.63) is 87.0 Å². The summed E-state index contributed by atoms with van der Waals surface area (Å²) in [6.07, 6.45) is 0. The molecule has 0 radical (unpaired) electrons. The lowest BCUT2D eigenvalue weighted by Crippen LogP contribution is -2.57. The molecule has 32 heavy (non-hydrogen) atoms. The fraction of sp³-hybridized carbons (Fsp3) is 0.0526. The van der Waals surface area contributed by atoms with Gasteiger partial charge < -0.3 is 4.32 Å². The minimum atomic E-state index is -2.97. The molecule has 0 nitrogen and oxygen atoms in total. The summed E-state index contributed by atoms with van der Waals surface area (Å²) in [5.41, 5.74) is -7.61. The van der Waals surface area contributed by atoms with Crippen molar-refractivity contribution < 1.29 is 48.2 Å². The zero-order valence-corrected chi connectivity index (χ0v) is 15.5. The van der Waals surface area contributed by atoms with Gasteiger partial charge in [0, 0.05) is 34.1 Å². The third-order valence-electron chi connectivity index (χ3n) is 5.42. The van der Waals surface area contributed by atoms with E-state index in [0.717, 1.165) is 7.85 Å². The normalized spacial score (nSPS) is 15.1. The van der Waals surface area contributed by atoms with Gasteiger partial charge in [-0.15, -0.1) is 0 Å². The van der Waals surface area contributed by atoms with Crippen LogP contribution in [0.15, 0.2) is 12.1 Å². The highest BCUT2D eigenvalue weighted by molar-refractivity contribution is 6.83. The molecule has 0 aromatic heterocycles. The first-order valence-corrected chi connectivity index (χ1v) is 8.71. The minimum Gasteiger partial charge on any atom is -0.322 e. The van der Waals surface area contributed by atoms with Crippen LogP contribution in [0.3, 0.4) is 0 Å². The number of hydrogen-bond acceptors (Lipinski definition) is 0. The van der Waals surface area contributed by atoms with E-state index in [2.05, 4.69) is 0 Å². The third kappa shape index (κ3) is 2.79. The van der Waals surface area contributed by atoms with Crippen LogP contribution in [0.4, 0.5) is 48.2 Å². The molecule has 3 aromatic rings. The molecular weight excluding hydrogens is 459 g/mol. The van der Waals surface area contributed by atoms with E-state index in [1.54, 1.807) is 0 Å². The number of hydrogen-bond donors (Lipinski definition) is 0. The highest BCUT2D eigenvalue weighted by Gasteiger charge is 2.47. The van der Waals surface area contributed by atoms with Crippen LogP contribution >= 0.6 is 0 Å². The zero-order valence-electron chi connectivity index (χ0n) is 15.5. The van der Waals surface area contributed by atoms with E-state index in [9.17, 15) is 43.9 Å². The van der Waals surface area contributed by atoms with Crippen molar-refractivity contribution >= 4 is 31.2 Å². The van der Waals surface area contributed by atoms with Crippen molar-refractivity contribution in [1.29, 1.82) is 0 Å². The number of benzene rings is 3. The van der Waals surface area contributed by atoms with Gasteiger partial charge in [-0.1, -0.05) is 5.46 Å². The standard InChI is InChI=1S/C19H5B2F11/c20-10-11-9(16(28)19(31)17(10)29)7(3-1-5(23)15(27)18(30)13(3)25)8-4(22)2-6(24)14(26)12(8)21(11)32/h1-2,7H,20H2. The molecule has 0 amide bonds.